The van der Waals surface area contributed by atoms with Gasteiger partial charge in [-0.25, -0.2) is 4.68 Å². The van der Waals surface area contributed by atoms with Gasteiger partial charge >= 0.3 is 0 Å². The van der Waals surface area contributed by atoms with E-state index in [1.807, 2.05) is 31.2 Å². The number of carbonyl (C=O) groups excluding carboxylic acids is 2. The molecule has 0 saturated heterocycles. The number of halogens is 1. The molecule has 0 bridgehead atoms. The molecule has 8 heteroatoms. The molecule has 1 aromatic heterocycles. The van der Waals surface area contributed by atoms with Gasteiger partial charge in [0.15, 0.2) is 0 Å². The normalized spacial score (nSPS) is 10.7. The maximum absolute atomic E-state index is 12.9. The summed E-state index contributed by atoms with van der Waals surface area (Å²) in [5.74, 6) is -0.419. The number of aromatic nitrogens is 2. The van der Waals surface area contributed by atoms with Gasteiger partial charge in [-0.15, -0.1) is 0 Å². The lowest BCUT2D eigenvalue weighted by molar-refractivity contribution is -0.121. The van der Waals surface area contributed by atoms with E-state index in [9.17, 15) is 9.59 Å². The molecule has 7 nitrogen and oxygen atoms in total. The first-order valence-electron chi connectivity index (χ1n) is 8.68. The number of carbonyl (C=O) groups is 2. The molecule has 0 saturated carbocycles. The van der Waals surface area contributed by atoms with Gasteiger partial charge in [0.05, 0.1) is 29.2 Å². The topological polar surface area (TPSA) is 76.5 Å². The van der Waals surface area contributed by atoms with Gasteiger partial charge in [0.25, 0.3) is 5.91 Å². The molecule has 1 aromatic carbocycles. The van der Waals surface area contributed by atoms with Crippen molar-refractivity contribution in [3.8, 4) is 5.69 Å². The van der Waals surface area contributed by atoms with Gasteiger partial charge in [0.2, 0.25) is 5.91 Å². The van der Waals surface area contributed by atoms with Crippen LogP contribution in [0, 0.1) is 13.8 Å². The zero-order valence-corrected chi connectivity index (χ0v) is 17.7. The Bertz CT molecular complexity index is 802. The Morgan fingerprint density at radius 3 is 2.56 bits per heavy atom. The Kier molecular flexibility index (Phi) is 7.55. The molecular formula is C19H25BrN4O3. The number of nitrogens with one attached hydrogen (secondary N) is 1. The molecule has 0 atom stereocenters. The molecular weight excluding hydrogens is 412 g/mol. The highest BCUT2D eigenvalue weighted by atomic mass is 79.9. The van der Waals surface area contributed by atoms with Crippen molar-refractivity contribution in [2.24, 2.45) is 0 Å². The van der Waals surface area contributed by atoms with E-state index in [0.717, 1.165) is 22.3 Å². The molecule has 1 heterocycles. The molecule has 2 amide bonds. The number of aryl methyl sites for hydroxylation is 1. The van der Waals surface area contributed by atoms with Crippen molar-refractivity contribution < 1.29 is 14.3 Å². The average Bonchev–Trinajstić information content (AvgIpc) is 2.93. The number of rotatable bonds is 8. The molecule has 0 aliphatic rings. The second-order valence-corrected chi connectivity index (χ2v) is 7.21. The van der Waals surface area contributed by atoms with Crippen LogP contribution in [0.4, 0.5) is 0 Å². The Labute approximate surface area is 167 Å². The molecule has 2 aromatic rings. The summed E-state index contributed by atoms with van der Waals surface area (Å²) in [6.45, 7) is 4.76. The number of likely N-dealkylation sites (N-methyl/N-ethyl adjacent to an activating group) is 1. The monoisotopic (exact) mass is 436 g/mol. The van der Waals surface area contributed by atoms with Crippen molar-refractivity contribution >= 4 is 27.7 Å². The van der Waals surface area contributed by atoms with Crippen LogP contribution in [0.15, 0.2) is 28.7 Å². The van der Waals surface area contributed by atoms with Crippen molar-refractivity contribution in [2.45, 2.75) is 20.3 Å². The van der Waals surface area contributed by atoms with Gasteiger partial charge < -0.3 is 15.0 Å². The van der Waals surface area contributed by atoms with E-state index >= 15 is 0 Å². The van der Waals surface area contributed by atoms with Crippen molar-refractivity contribution in [3.05, 3.63) is 45.7 Å². The number of benzene rings is 1. The largest absolute Gasteiger partial charge is 0.385 e. The third kappa shape index (κ3) is 5.40. The minimum absolute atomic E-state index is 0.00579. The predicted molar refractivity (Wildman–Crippen MR) is 107 cm³/mol. The van der Waals surface area contributed by atoms with Gasteiger partial charge in [-0.1, -0.05) is 15.9 Å². The van der Waals surface area contributed by atoms with Crippen molar-refractivity contribution in [1.29, 1.82) is 0 Å². The summed E-state index contributed by atoms with van der Waals surface area (Å²) >= 11 is 3.41. The van der Waals surface area contributed by atoms with Crippen LogP contribution in [0.25, 0.3) is 5.69 Å². The van der Waals surface area contributed by atoms with E-state index in [4.69, 9.17) is 4.74 Å². The van der Waals surface area contributed by atoms with E-state index in [0.29, 0.717) is 24.4 Å². The van der Waals surface area contributed by atoms with Crippen LogP contribution in [-0.2, 0) is 9.53 Å². The van der Waals surface area contributed by atoms with Crippen LogP contribution in [0.3, 0.4) is 0 Å². The fraction of sp³-hybridized carbons (Fsp3) is 0.421. The molecule has 2 rings (SSSR count). The third-order valence-corrected chi connectivity index (χ3v) is 4.68. The van der Waals surface area contributed by atoms with Gasteiger partial charge in [-0.05, 0) is 44.5 Å². The third-order valence-electron chi connectivity index (χ3n) is 4.15. The first-order valence-corrected chi connectivity index (χ1v) is 9.47. The van der Waals surface area contributed by atoms with Gasteiger partial charge in [0.1, 0.15) is 0 Å². The highest BCUT2D eigenvalue weighted by Gasteiger charge is 2.23. The van der Waals surface area contributed by atoms with Gasteiger partial charge in [-0.2, -0.15) is 5.10 Å². The first kappa shape index (κ1) is 21.1. The number of ether oxygens (including phenoxy) is 1. The van der Waals surface area contributed by atoms with Crippen LogP contribution >= 0.6 is 15.9 Å². The molecule has 0 unspecified atom stereocenters. The average molecular weight is 437 g/mol. The smallest absolute Gasteiger partial charge is 0.257 e. The Balaban J connectivity index is 2.09. The summed E-state index contributed by atoms with van der Waals surface area (Å²) < 4.78 is 7.66. The number of methoxy groups -OCH3 is 1. The van der Waals surface area contributed by atoms with E-state index < -0.39 is 0 Å². The highest BCUT2D eigenvalue weighted by Crippen LogP contribution is 2.20. The lowest BCUT2D eigenvalue weighted by atomic mass is 10.1. The summed E-state index contributed by atoms with van der Waals surface area (Å²) in [4.78, 5) is 26.3. The van der Waals surface area contributed by atoms with E-state index in [1.165, 1.54) is 4.90 Å². The standard InChI is InChI=1S/C19H25BrN4O3/c1-13-18(14(2)24(22-13)16-8-6-15(20)7-9-16)19(26)23(3)12-17(25)21-10-5-11-27-4/h6-9H,5,10-12H2,1-4H3,(H,21,25). The fourth-order valence-corrected chi connectivity index (χ4v) is 3.03. The summed E-state index contributed by atoms with van der Waals surface area (Å²) in [5.41, 5.74) is 2.77. The summed E-state index contributed by atoms with van der Waals surface area (Å²) in [6.07, 6.45) is 0.734. The molecule has 0 spiro atoms. The minimum atomic E-state index is -0.222. The Morgan fingerprint density at radius 2 is 1.93 bits per heavy atom. The van der Waals surface area contributed by atoms with E-state index in [1.54, 1.807) is 25.8 Å². The molecule has 146 valence electrons. The molecule has 0 fully saturated rings. The lowest BCUT2D eigenvalue weighted by Gasteiger charge is -2.17. The molecule has 0 aliphatic carbocycles. The molecule has 1 N–H and O–H groups in total. The van der Waals surface area contributed by atoms with Crippen molar-refractivity contribution in [2.75, 3.05) is 33.9 Å². The fourth-order valence-electron chi connectivity index (χ4n) is 2.76. The van der Waals surface area contributed by atoms with Gasteiger partial charge in [-0.3, -0.25) is 9.59 Å². The van der Waals surface area contributed by atoms with Crippen LogP contribution < -0.4 is 5.32 Å². The summed E-state index contributed by atoms with van der Waals surface area (Å²) in [6, 6.07) is 7.70. The zero-order valence-electron chi connectivity index (χ0n) is 16.1. The van der Waals surface area contributed by atoms with Crippen LogP contribution in [0.2, 0.25) is 0 Å². The first-order chi connectivity index (χ1) is 12.8. The summed E-state index contributed by atoms with van der Waals surface area (Å²) in [5, 5.41) is 7.28. The maximum atomic E-state index is 12.9. The number of amides is 2. The molecule has 0 aliphatic heterocycles. The van der Waals surface area contributed by atoms with Crippen LogP contribution in [-0.4, -0.2) is 60.3 Å². The van der Waals surface area contributed by atoms with Crippen molar-refractivity contribution in [3.63, 3.8) is 0 Å². The van der Waals surface area contributed by atoms with E-state index in [-0.39, 0.29) is 18.4 Å². The van der Waals surface area contributed by atoms with Crippen LogP contribution in [0.1, 0.15) is 28.2 Å². The predicted octanol–water partition coefficient (Wildman–Crippen LogP) is 2.48. The molecule has 0 radical (unpaired) electrons. The SMILES string of the molecule is COCCCNC(=O)CN(C)C(=O)c1c(C)nn(-c2ccc(Br)cc2)c1C. The second-order valence-electron chi connectivity index (χ2n) is 6.29. The Morgan fingerprint density at radius 1 is 1.26 bits per heavy atom. The lowest BCUT2D eigenvalue weighted by Crippen LogP contribution is -2.39. The number of hydrogen-bond donors (Lipinski definition) is 1. The molecule has 27 heavy (non-hydrogen) atoms. The van der Waals surface area contributed by atoms with Gasteiger partial charge in [0, 0.05) is 31.8 Å². The number of nitrogens with zero attached hydrogens (tertiary/aromatic N) is 3. The second kappa shape index (κ2) is 9.66. The quantitative estimate of drug-likeness (QED) is 0.644. The Hall–Kier alpha value is -2.19. The minimum Gasteiger partial charge on any atom is -0.385 e. The van der Waals surface area contributed by atoms with E-state index in [2.05, 4.69) is 26.3 Å². The van der Waals surface area contributed by atoms with Crippen molar-refractivity contribution in [1.82, 2.24) is 20.0 Å². The summed E-state index contributed by atoms with van der Waals surface area (Å²) in [7, 11) is 3.24. The maximum Gasteiger partial charge on any atom is 0.257 e. The zero-order chi connectivity index (χ0) is 20.0. The highest BCUT2D eigenvalue weighted by molar-refractivity contribution is 9.10. The number of hydrogen-bond acceptors (Lipinski definition) is 4. The van der Waals surface area contributed by atoms with Crippen LogP contribution in [0.5, 0.6) is 0 Å².